The predicted octanol–water partition coefficient (Wildman–Crippen LogP) is 2.90. The Kier molecular flexibility index (Phi) is 4.79. The summed E-state index contributed by atoms with van der Waals surface area (Å²) in [7, 11) is 2.04. The van der Waals surface area contributed by atoms with E-state index < -0.39 is 0 Å². The van der Waals surface area contributed by atoms with Crippen LogP contribution in [0.1, 0.15) is 0 Å². The van der Waals surface area contributed by atoms with Crippen LogP contribution < -0.4 is 10.1 Å². The maximum absolute atomic E-state index is 6.10. The first kappa shape index (κ1) is 18.0. The van der Waals surface area contributed by atoms with Gasteiger partial charge in [0.25, 0.3) is 0 Å². The van der Waals surface area contributed by atoms with Crippen molar-refractivity contribution < 1.29 is 9.47 Å². The molecule has 0 amide bonds. The van der Waals surface area contributed by atoms with Gasteiger partial charge in [0.05, 0.1) is 24.1 Å². The van der Waals surface area contributed by atoms with Gasteiger partial charge in [0.15, 0.2) is 5.65 Å². The van der Waals surface area contributed by atoms with Crippen molar-refractivity contribution in [1.82, 2.24) is 24.6 Å². The molecule has 0 saturated carbocycles. The number of nitrogens with zero attached hydrogens (tertiary/aromatic N) is 4. The summed E-state index contributed by atoms with van der Waals surface area (Å²) < 4.78 is 13.6. The van der Waals surface area contributed by atoms with E-state index in [0.717, 1.165) is 66.4 Å². The number of ether oxygens (including phenoxy) is 2. The highest BCUT2D eigenvalue weighted by Gasteiger charge is 2.13. The minimum absolute atomic E-state index is 0.673. The molecule has 1 fully saturated rings. The summed E-state index contributed by atoms with van der Waals surface area (Å²) in [5, 5.41) is 12.7. The van der Waals surface area contributed by atoms with Crippen molar-refractivity contribution in [3.63, 3.8) is 0 Å². The molecule has 0 spiro atoms. The zero-order valence-electron chi connectivity index (χ0n) is 16.4. The molecule has 0 aliphatic carbocycles. The number of aromatic nitrogens is 4. The van der Waals surface area contributed by atoms with Gasteiger partial charge in [-0.05, 0) is 30.3 Å². The van der Waals surface area contributed by atoms with Crippen molar-refractivity contribution in [2.45, 2.75) is 0 Å². The quantitative estimate of drug-likeness (QED) is 0.525. The van der Waals surface area contributed by atoms with Crippen molar-refractivity contribution in [3.8, 4) is 5.75 Å². The number of hydrogen-bond donors (Lipinski definition) is 2. The first-order valence-corrected chi connectivity index (χ1v) is 9.86. The fourth-order valence-corrected chi connectivity index (χ4v) is 3.74. The number of fused-ring (bicyclic) bond motifs is 2. The molecular formula is C21H24N6O2. The standard InChI is InChI=1S/C21H24N6O2/c1-26-14-19(29-12-9-27-7-10-28-11-8-27)16-5-4-15(13-18(16)26)23-21-17-3-2-6-22-20(17)24-25-21/h2-6,13-14H,7-12H2,1H3,(H2,22,23,24,25). The maximum Gasteiger partial charge on any atom is 0.183 e. The van der Waals surface area contributed by atoms with Crippen LogP contribution in [0.2, 0.25) is 0 Å². The number of pyridine rings is 1. The van der Waals surface area contributed by atoms with Crippen molar-refractivity contribution >= 4 is 33.4 Å². The van der Waals surface area contributed by atoms with Crippen LogP contribution in [0.15, 0.2) is 42.7 Å². The van der Waals surface area contributed by atoms with E-state index in [1.165, 1.54) is 0 Å². The summed E-state index contributed by atoms with van der Waals surface area (Å²) in [6, 6.07) is 10.2. The third kappa shape index (κ3) is 3.64. The topological polar surface area (TPSA) is 80.2 Å². The van der Waals surface area contributed by atoms with Gasteiger partial charge in [-0.1, -0.05) is 0 Å². The Balaban J connectivity index is 1.32. The highest BCUT2D eigenvalue weighted by Crippen LogP contribution is 2.31. The van der Waals surface area contributed by atoms with Gasteiger partial charge in [-0.3, -0.25) is 10.00 Å². The monoisotopic (exact) mass is 392 g/mol. The first-order valence-electron chi connectivity index (χ1n) is 9.86. The highest BCUT2D eigenvalue weighted by atomic mass is 16.5. The zero-order valence-corrected chi connectivity index (χ0v) is 16.4. The Hall–Kier alpha value is -3.10. The molecule has 1 aliphatic heterocycles. The van der Waals surface area contributed by atoms with Crippen LogP contribution >= 0.6 is 0 Å². The van der Waals surface area contributed by atoms with E-state index in [0.29, 0.717) is 12.3 Å². The molecule has 5 rings (SSSR count). The van der Waals surface area contributed by atoms with Crippen molar-refractivity contribution in [2.24, 2.45) is 7.05 Å². The average Bonchev–Trinajstić information content (AvgIpc) is 3.30. The lowest BCUT2D eigenvalue weighted by atomic mass is 10.2. The molecule has 4 heterocycles. The summed E-state index contributed by atoms with van der Waals surface area (Å²) in [5.41, 5.74) is 2.79. The number of aryl methyl sites for hydroxylation is 1. The summed E-state index contributed by atoms with van der Waals surface area (Å²) in [5.74, 6) is 1.75. The van der Waals surface area contributed by atoms with E-state index in [-0.39, 0.29) is 0 Å². The van der Waals surface area contributed by atoms with Gasteiger partial charge in [-0.25, -0.2) is 4.98 Å². The summed E-state index contributed by atoms with van der Waals surface area (Å²) in [6.07, 6.45) is 3.78. The second-order valence-electron chi connectivity index (χ2n) is 7.24. The number of H-pyrrole nitrogens is 1. The molecule has 29 heavy (non-hydrogen) atoms. The summed E-state index contributed by atoms with van der Waals surface area (Å²) in [4.78, 5) is 6.63. The molecule has 0 bridgehead atoms. The second kappa shape index (κ2) is 7.73. The number of morpholine rings is 1. The minimum atomic E-state index is 0.673. The summed E-state index contributed by atoms with van der Waals surface area (Å²) in [6.45, 7) is 5.17. The minimum Gasteiger partial charge on any atom is -0.490 e. The van der Waals surface area contributed by atoms with Gasteiger partial charge in [0.2, 0.25) is 0 Å². The fourth-order valence-electron chi connectivity index (χ4n) is 3.74. The molecule has 1 aliphatic rings. The number of benzene rings is 1. The number of aromatic amines is 1. The van der Waals surface area contributed by atoms with Gasteiger partial charge in [-0.2, -0.15) is 5.10 Å². The predicted molar refractivity (Wildman–Crippen MR) is 113 cm³/mol. The third-order valence-electron chi connectivity index (χ3n) is 5.32. The molecule has 1 aromatic carbocycles. The largest absolute Gasteiger partial charge is 0.490 e. The van der Waals surface area contributed by atoms with E-state index >= 15 is 0 Å². The molecule has 2 N–H and O–H groups in total. The lowest BCUT2D eigenvalue weighted by molar-refractivity contribution is 0.0323. The Morgan fingerprint density at radius 3 is 3.00 bits per heavy atom. The lowest BCUT2D eigenvalue weighted by Gasteiger charge is -2.26. The number of nitrogens with one attached hydrogen (secondary N) is 2. The number of rotatable bonds is 6. The molecule has 0 unspecified atom stereocenters. The van der Waals surface area contributed by atoms with E-state index in [1.807, 2.05) is 25.4 Å². The normalized spacial score (nSPS) is 15.2. The van der Waals surface area contributed by atoms with Crippen molar-refractivity contribution in [2.75, 3.05) is 44.8 Å². The van der Waals surface area contributed by atoms with E-state index in [9.17, 15) is 0 Å². The van der Waals surface area contributed by atoms with Crippen LogP contribution in [0.5, 0.6) is 5.75 Å². The van der Waals surface area contributed by atoms with Crippen molar-refractivity contribution in [3.05, 3.63) is 42.7 Å². The average molecular weight is 392 g/mol. The number of hydrogen-bond acceptors (Lipinski definition) is 6. The molecule has 8 heteroatoms. The Morgan fingerprint density at radius 2 is 2.10 bits per heavy atom. The molecule has 8 nitrogen and oxygen atoms in total. The SMILES string of the molecule is Cn1cc(OCCN2CCOCC2)c2ccc(Nc3[nH]nc4ncccc34)cc21. The number of anilines is 2. The van der Waals surface area contributed by atoms with Crippen LogP contribution in [0.3, 0.4) is 0 Å². The molecule has 1 saturated heterocycles. The molecule has 150 valence electrons. The van der Waals surface area contributed by atoms with Gasteiger partial charge in [0.1, 0.15) is 18.2 Å². The molecule has 0 radical (unpaired) electrons. The van der Waals surface area contributed by atoms with Gasteiger partial charge in [0, 0.05) is 50.1 Å². The lowest BCUT2D eigenvalue weighted by Crippen LogP contribution is -2.38. The molecule has 0 atom stereocenters. The first-order chi connectivity index (χ1) is 14.3. The molecular weight excluding hydrogens is 368 g/mol. The molecule has 3 aromatic heterocycles. The van der Waals surface area contributed by atoms with Crippen LogP contribution in [0.4, 0.5) is 11.5 Å². The van der Waals surface area contributed by atoms with Crippen molar-refractivity contribution in [1.29, 1.82) is 0 Å². The zero-order chi connectivity index (χ0) is 19.6. The van der Waals surface area contributed by atoms with E-state index in [2.05, 4.69) is 48.2 Å². The van der Waals surface area contributed by atoms with E-state index in [4.69, 9.17) is 9.47 Å². The Labute approximate surface area is 168 Å². The molecule has 4 aromatic rings. The highest BCUT2D eigenvalue weighted by molar-refractivity contribution is 5.92. The third-order valence-corrected chi connectivity index (χ3v) is 5.32. The smallest absolute Gasteiger partial charge is 0.183 e. The van der Waals surface area contributed by atoms with Gasteiger partial charge < -0.3 is 19.4 Å². The van der Waals surface area contributed by atoms with Crippen LogP contribution in [0, 0.1) is 0 Å². The Bertz CT molecular complexity index is 1130. The van der Waals surface area contributed by atoms with E-state index in [1.54, 1.807) is 6.20 Å². The van der Waals surface area contributed by atoms with Crippen LogP contribution in [0.25, 0.3) is 21.9 Å². The summed E-state index contributed by atoms with van der Waals surface area (Å²) >= 11 is 0. The van der Waals surface area contributed by atoms with Gasteiger partial charge in [-0.15, -0.1) is 0 Å². The Morgan fingerprint density at radius 1 is 1.21 bits per heavy atom. The fraction of sp³-hybridized carbons (Fsp3) is 0.333. The second-order valence-corrected chi connectivity index (χ2v) is 7.24. The van der Waals surface area contributed by atoms with Gasteiger partial charge >= 0.3 is 0 Å². The van der Waals surface area contributed by atoms with Crippen LogP contribution in [-0.2, 0) is 11.8 Å². The maximum atomic E-state index is 6.10. The van der Waals surface area contributed by atoms with Crippen LogP contribution in [-0.4, -0.2) is 64.1 Å².